The van der Waals surface area contributed by atoms with Crippen LogP contribution in [0.4, 0.5) is 17.3 Å². The minimum Gasteiger partial charge on any atom is -0.324 e. The Hall–Kier alpha value is -2.73. The van der Waals surface area contributed by atoms with Gasteiger partial charge in [-0.25, -0.2) is 9.97 Å². The first kappa shape index (κ1) is 16.1. The van der Waals surface area contributed by atoms with Crippen LogP contribution in [-0.4, -0.2) is 15.9 Å². The van der Waals surface area contributed by atoms with E-state index in [1.54, 1.807) is 0 Å². The Labute approximate surface area is 148 Å². The van der Waals surface area contributed by atoms with E-state index >= 15 is 0 Å². The fraction of sp³-hybridized carbons (Fsp3) is 0.0556. The molecule has 0 saturated carbocycles. The summed E-state index contributed by atoms with van der Waals surface area (Å²) in [6, 6.07) is 15.3. The molecule has 6 heteroatoms. The first-order valence-corrected chi connectivity index (χ1v) is 8.13. The first-order chi connectivity index (χ1) is 11.6. The van der Waals surface area contributed by atoms with Crippen molar-refractivity contribution in [3.05, 3.63) is 76.5 Å². The lowest BCUT2D eigenvalue weighted by Crippen LogP contribution is -2.13. The lowest BCUT2D eigenvalue weighted by Gasteiger charge is -2.08. The summed E-state index contributed by atoms with van der Waals surface area (Å²) in [5, 5.41) is 5.91. The number of aromatic nitrogens is 2. The number of benzene rings is 2. The molecule has 2 aromatic carbocycles. The first-order valence-electron chi connectivity index (χ1n) is 7.33. The number of para-hydroxylation sites is 1. The lowest BCUT2D eigenvalue weighted by molar-refractivity contribution is 0.102. The van der Waals surface area contributed by atoms with Gasteiger partial charge < -0.3 is 10.6 Å². The molecular formula is C18H15BrN4O. The van der Waals surface area contributed by atoms with Crippen molar-refractivity contribution in [3.8, 4) is 0 Å². The molecule has 3 aromatic rings. The number of aryl methyl sites for hydroxylation is 1. The molecule has 0 atom stereocenters. The van der Waals surface area contributed by atoms with Crippen LogP contribution in [0.5, 0.6) is 0 Å². The van der Waals surface area contributed by atoms with Crippen LogP contribution in [0.15, 0.2) is 65.4 Å². The molecule has 0 fully saturated rings. The molecule has 0 saturated heterocycles. The molecule has 5 nitrogen and oxygen atoms in total. The summed E-state index contributed by atoms with van der Waals surface area (Å²) in [6.45, 7) is 1.99. The summed E-state index contributed by atoms with van der Waals surface area (Å²) in [5.74, 6) is 0.181. The summed E-state index contributed by atoms with van der Waals surface area (Å²) in [4.78, 5) is 20.6. The zero-order chi connectivity index (χ0) is 16.9. The van der Waals surface area contributed by atoms with Crippen LogP contribution >= 0.6 is 15.9 Å². The molecule has 0 radical (unpaired) electrons. The van der Waals surface area contributed by atoms with Crippen LogP contribution in [0.3, 0.4) is 0 Å². The number of hydrogen-bond acceptors (Lipinski definition) is 4. The topological polar surface area (TPSA) is 66.9 Å². The predicted octanol–water partition coefficient (Wildman–Crippen LogP) is 4.54. The van der Waals surface area contributed by atoms with Crippen LogP contribution in [0.2, 0.25) is 0 Å². The number of amides is 1. The van der Waals surface area contributed by atoms with E-state index in [1.165, 1.54) is 12.4 Å². The molecule has 1 aromatic heterocycles. The fourth-order valence-corrected chi connectivity index (χ4v) is 2.67. The molecule has 2 N–H and O–H groups in total. The fourth-order valence-electron chi connectivity index (χ4n) is 2.08. The molecule has 24 heavy (non-hydrogen) atoms. The van der Waals surface area contributed by atoms with E-state index in [2.05, 4.69) is 36.5 Å². The lowest BCUT2D eigenvalue weighted by atomic mass is 10.2. The van der Waals surface area contributed by atoms with Crippen molar-refractivity contribution in [1.29, 1.82) is 0 Å². The van der Waals surface area contributed by atoms with Crippen molar-refractivity contribution >= 4 is 39.2 Å². The Bertz CT molecular complexity index is 851. The van der Waals surface area contributed by atoms with E-state index < -0.39 is 0 Å². The second-order valence-electron chi connectivity index (χ2n) is 5.22. The molecule has 0 spiro atoms. The van der Waals surface area contributed by atoms with Gasteiger partial charge in [-0.2, -0.15) is 0 Å². The van der Waals surface area contributed by atoms with Gasteiger partial charge in [0, 0.05) is 22.6 Å². The van der Waals surface area contributed by atoms with Crippen molar-refractivity contribution < 1.29 is 4.79 Å². The second kappa shape index (κ2) is 7.23. The van der Waals surface area contributed by atoms with Gasteiger partial charge in [0.2, 0.25) is 5.95 Å². The third kappa shape index (κ3) is 3.97. The highest BCUT2D eigenvalue weighted by atomic mass is 79.9. The molecule has 1 amide bonds. The van der Waals surface area contributed by atoms with Gasteiger partial charge in [-0.05, 0) is 52.7 Å². The van der Waals surface area contributed by atoms with E-state index in [-0.39, 0.29) is 5.91 Å². The maximum atomic E-state index is 12.3. The van der Waals surface area contributed by atoms with Gasteiger partial charge in [0.15, 0.2) is 0 Å². The number of hydrogen-bond donors (Lipinski definition) is 2. The summed E-state index contributed by atoms with van der Waals surface area (Å²) >= 11 is 3.44. The standard InChI is InChI=1S/C18H15BrN4O/c1-12-7-8-16(15(19)9-12)23-17(24)13-10-20-18(21-11-13)22-14-5-3-2-4-6-14/h2-11H,1H3,(H,23,24)(H,20,21,22). The zero-order valence-electron chi connectivity index (χ0n) is 13.0. The van der Waals surface area contributed by atoms with Gasteiger partial charge in [-0.1, -0.05) is 24.3 Å². The van der Waals surface area contributed by atoms with Gasteiger partial charge in [-0.3, -0.25) is 4.79 Å². The predicted molar refractivity (Wildman–Crippen MR) is 98.6 cm³/mol. The number of anilines is 3. The molecule has 0 aliphatic carbocycles. The summed E-state index contributed by atoms with van der Waals surface area (Å²) < 4.78 is 0.833. The zero-order valence-corrected chi connectivity index (χ0v) is 14.5. The van der Waals surface area contributed by atoms with Gasteiger partial charge in [0.25, 0.3) is 5.91 Å². The third-order valence-corrected chi connectivity index (χ3v) is 3.97. The van der Waals surface area contributed by atoms with Gasteiger partial charge in [-0.15, -0.1) is 0 Å². The number of carbonyl (C=O) groups is 1. The molecule has 3 rings (SSSR count). The Morgan fingerprint density at radius 1 is 1.04 bits per heavy atom. The van der Waals surface area contributed by atoms with Crippen molar-refractivity contribution in [1.82, 2.24) is 9.97 Å². The molecule has 1 heterocycles. The van der Waals surface area contributed by atoms with Gasteiger partial charge in [0.1, 0.15) is 0 Å². The Kier molecular flexibility index (Phi) is 4.86. The van der Waals surface area contributed by atoms with Crippen molar-refractivity contribution in [2.45, 2.75) is 6.92 Å². The third-order valence-electron chi connectivity index (χ3n) is 3.32. The van der Waals surface area contributed by atoms with Crippen LogP contribution in [-0.2, 0) is 0 Å². The summed E-state index contributed by atoms with van der Waals surface area (Å²) in [5.41, 5.74) is 3.09. The molecule has 120 valence electrons. The SMILES string of the molecule is Cc1ccc(NC(=O)c2cnc(Nc3ccccc3)nc2)c(Br)c1. The summed E-state index contributed by atoms with van der Waals surface area (Å²) in [7, 11) is 0. The molecule has 0 aliphatic rings. The average Bonchev–Trinajstić information content (AvgIpc) is 2.59. The Balaban J connectivity index is 1.69. The highest BCUT2D eigenvalue weighted by molar-refractivity contribution is 9.10. The smallest absolute Gasteiger partial charge is 0.258 e. The minimum atomic E-state index is -0.259. The van der Waals surface area contributed by atoms with Crippen molar-refractivity contribution in [3.63, 3.8) is 0 Å². The summed E-state index contributed by atoms with van der Waals surface area (Å²) in [6.07, 6.45) is 2.99. The van der Waals surface area contributed by atoms with Gasteiger partial charge in [0.05, 0.1) is 11.3 Å². The molecule has 0 aliphatic heterocycles. The van der Waals surface area contributed by atoms with Crippen LogP contribution in [0.1, 0.15) is 15.9 Å². The van der Waals surface area contributed by atoms with Crippen molar-refractivity contribution in [2.75, 3.05) is 10.6 Å². The van der Waals surface area contributed by atoms with E-state index in [0.29, 0.717) is 17.2 Å². The number of nitrogens with zero attached hydrogens (tertiary/aromatic N) is 2. The molecule has 0 unspecified atom stereocenters. The van der Waals surface area contributed by atoms with Crippen LogP contribution in [0, 0.1) is 6.92 Å². The Morgan fingerprint density at radius 3 is 2.42 bits per heavy atom. The van der Waals surface area contributed by atoms with E-state index in [4.69, 9.17) is 0 Å². The maximum absolute atomic E-state index is 12.3. The largest absolute Gasteiger partial charge is 0.324 e. The highest BCUT2D eigenvalue weighted by Crippen LogP contribution is 2.23. The molecule has 0 bridgehead atoms. The van der Waals surface area contributed by atoms with Crippen LogP contribution in [0.25, 0.3) is 0 Å². The van der Waals surface area contributed by atoms with Gasteiger partial charge >= 0.3 is 0 Å². The van der Waals surface area contributed by atoms with E-state index in [0.717, 1.165) is 15.7 Å². The molecular weight excluding hydrogens is 368 g/mol. The minimum absolute atomic E-state index is 0.259. The maximum Gasteiger partial charge on any atom is 0.258 e. The number of rotatable bonds is 4. The van der Waals surface area contributed by atoms with Crippen molar-refractivity contribution in [2.24, 2.45) is 0 Å². The van der Waals surface area contributed by atoms with E-state index in [9.17, 15) is 4.79 Å². The number of nitrogens with one attached hydrogen (secondary N) is 2. The number of carbonyl (C=O) groups excluding carboxylic acids is 1. The van der Waals surface area contributed by atoms with E-state index in [1.807, 2.05) is 55.5 Å². The Morgan fingerprint density at radius 2 is 1.75 bits per heavy atom. The second-order valence-corrected chi connectivity index (χ2v) is 6.08. The van der Waals surface area contributed by atoms with Crippen LogP contribution < -0.4 is 10.6 Å². The average molecular weight is 383 g/mol. The quantitative estimate of drug-likeness (QED) is 0.694. The number of halogens is 1. The normalized spacial score (nSPS) is 10.2. The highest BCUT2D eigenvalue weighted by Gasteiger charge is 2.10. The monoisotopic (exact) mass is 382 g/mol.